The molecule has 0 aromatic heterocycles. The largest absolute Gasteiger partial charge is 1.00 e. The Morgan fingerprint density at radius 2 is 1.45 bits per heavy atom. The van der Waals surface area contributed by atoms with Crippen LogP contribution in [0.1, 0.15) is 0 Å². The summed E-state index contributed by atoms with van der Waals surface area (Å²) in [5, 5.41) is 27.0. The zero-order chi connectivity index (χ0) is 7.82. The summed E-state index contributed by atoms with van der Waals surface area (Å²) in [7, 11) is 0. The molecule has 0 saturated heterocycles. The van der Waals surface area contributed by atoms with Gasteiger partial charge in [-0.05, 0) is 6.54 Å². The fourth-order valence-electron chi connectivity index (χ4n) is 0.747. The van der Waals surface area contributed by atoms with Gasteiger partial charge in [0.2, 0.25) is 0 Å². The van der Waals surface area contributed by atoms with Crippen molar-refractivity contribution in [3.8, 4) is 0 Å². The van der Waals surface area contributed by atoms with E-state index in [9.17, 15) is 5.11 Å². The minimum absolute atomic E-state index is 0. The Labute approximate surface area is 89.1 Å². The molecular weight excluding hydrogens is 157 g/mol. The van der Waals surface area contributed by atoms with Crippen LogP contribution in [0.2, 0.25) is 0 Å². The van der Waals surface area contributed by atoms with Crippen LogP contribution in [0, 0.1) is 0 Å². The molecule has 0 rings (SSSR count). The molecule has 4 nitrogen and oxygen atoms in total. The summed E-state index contributed by atoms with van der Waals surface area (Å²) in [6.45, 7) is 1.26. The van der Waals surface area contributed by atoms with Gasteiger partial charge in [-0.3, -0.25) is 0 Å². The van der Waals surface area contributed by atoms with Crippen LogP contribution >= 0.6 is 0 Å². The molecular formula is C6H14NNaO3. The molecule has 0 unspecified atom stereocenters. The van der Waals surface area contributed by atoms with Crippen molar-refractivity contribution in [2.75, 3.05) is 39.5 Å². The number of rotatable bonds is 6. The minimum Gasteiger partial charge on any atom is -0.854 e. The summed E-state index contributed by atoms with van der Waals surface area (Å²) < 4.78 is 0. The van der Waals surface area contributed by atoms with E-state index in [0.717, 1.165) is 0 Å². The summed E-state index contributed by atoms with van der Waals surface area (Å²) in [6, 6.07) is 0. The molecule has 0 aromatic rings. The first-order chi connectivity index (χ1) is 4.85. The third-order valence-corrected chi connectivity index (χ3v) is 1.24. The van der Waals surface area contributed by atoms with E-state index in [0.29, 0.717) is 19.6 Å². The Kier molecular flexibility index (Phi) is 14.2. The van der Waals surface area contributed by atoms with Crippen molar-refractivity contribution < 1.29 is 44.9 Å². The van der Waals surface area contributed by atoms with E-state index in [1.165, 1.54) is 0 Å². The second-order valence-electron chi connectivity index (χ2n) is 1.99. The Hall–Kier alpha value is 0.840. The van der Waals surface area contributed by atoms with E-state index < -0.39 is 0 Å². The normalized spacial score (nSPS) is 9.82. The van der Waals surface area contributed by atoms with Gasteiger partial charge in [0, 0.05) is 13.1 Å². The zero-order valence-corrected chi connectivity index (χ0v) is 8.99. The maximum absolute atomic E-state index is 10.1. The van der Waals surface area contributed by atoms with Crippen LogP contribution in [0.15, 0.2) is 0 Å². The summed E-state index contributed by atoms with van der Waals surface area (Å²) in [6.07, 6.45) is 0. The van der Waals surface area contributed by atoms with Crippen molar-refractivity contribution >= 4 is 0 Å². The molecule has 0 aliphatic heterocycles. The first-order valence-corrected chi connectivity index (χ1v) is 3.37. The van der Waals surface area contributed by atoms with Crippen molar-refractivity contribution in [1.82, 2.24) is 4.90 Å². The van der Waals surface area contributed by atoms with Gasteiger partial charge in [-0.15, -0.1) is 6.61 Å². The molecule has 0 spiro atoms. The number of hydrogen-bond acceptors (Lipinski definition) is 4. The smallest absolute Gasteiger partial charge is 0.854 e. The number of hydrogen-bond donors (Lipinski definition) is 2. The topological polar surface area (TPSA) is 66.8 Å². The molecule has 0 radical (unpaired) electrons. The van der Waals surface area contributed by atoms with Crippen molar-refractivity contribution in [2.45, 2.75) is 0 Å². The third-order valence-electron chi connectivity index (χ3n) is 1.24. The fourth-order valence-corrected chi connectivity index (χ4v) is 0.747. The molecule has 0 aliphatic carbocycles. The molecule has 0 saturated carbocycles. The van der Waals surface area contributed by atoms with E-state index in [1.807, 2.05) is 0 Å². The number of aliphatic hydroxyl groups is 2. The molecule has 0 fully saturated rings. The predicted octanol–water partition coefficient (Wildman–Crippen LogP) is -5.36. The summed E-state index contributed by atoms with van der Waals surface area (Å²) in [5.41, 5.74) is 0. The molecule has 0 aromatic carbocycles. The SMILES string of the molecule is [Na+].[O-]CCN(CCO)CCO. The maximum atomic E-state index is 10.1. The third kappa shape index (κ3) is 8.75. The molecule has 11 heavy (non-hydrogen) atoms. The van der Waals surface area contributed by atoms with Crippen LogP contribution in [0.3, 0.4) is 0 Å². The molecule has 0 bridgehead atoms. The first-order valence-electron chi connectivity index (χ1n) is 3.37. The van der Waals surface area contributed by atoms with Crippen LogP contribution < -0.4 is 34.7 Å². The van der Waals surface area contributed by atoms with Gasteiger partial charge in [0.15, 0.2) is 0 Å². The zero-order valence-electron chi connectivity index (χ0n) is 6.99. The maximum Gasteiger partial charge on any atom is 1.00 e. The second kappa shape index (κ2) is 10.8. The van der Waals surface area contributed by atoms with Gasteiger partial charge in [-0.2, -0.15) is 0 Å². The quantitative estimate of drug-likeness (QED) is 0.392. The van der Waals surface area contributed by atoms with Crippen LogP contribution in [-0.4, -0.2) is 54.6 Å². The molecule has 5 heteroatoms. The van der Waals surface area contributed by atoms with Crippen LogP contribution in [0.4, 0.5) is 0 Å². The molecule has 62 valence electrons. The number of aliphatic hydroxyl groups excluding tert-OH is 2. The monoisotopic (exact) mass is 171 g/mol. The van der Waals surface area contributed by atoms with Crippen molar-refractivity contribution in [1.29, 1.82) is 0 Å². The molecule has 0 amide bonds. The van der Waals surface area contributed by atoms with Crippen LogP contribution in [0.5, 0.6) is 0 Å². The predicted molar refractivity (Wildman–Crippen MR) is 35.5 cm³/mol. The Bertz CT molecular complexity index is 60.6. The van der Waals surface area contributed by atoms with Gasteiger partial charge in [0.25, 0.3) is 0 Å². The van der Waals surface area contributed by atoms with Crippen molar-refractivity contribution in [2.24, 2.45) is 0 Å². The average molecular weight is 171 g/mol. The average Bonchev–Trinajstić information content (AvgIpc) is 1.90. The second-order valence-corrected chi connectivity index (χ2v) is 1.99. The van der Waals surface area contributed by atoms with Crippen molar-refractivity contribution in [3.05, 3.63) is 0 Å². The number of nitrogens with zero attached hydrogens (tertiary/aromatic N) is 1. The molecule has 0 aliphatic rings. The van der Waals surface area contributed by atoms with Crippen LogP contribution in [-0.2, 0) is 0 Å². The fraction of sp³-hybridized carbons (Fsp3) is 1.00. The Morgan fingerprint density at radius 1 is 1.00 bits per heavy atom. The molecule has 0 heterocycles. The molecule has 0 atom stereocenters. The van der Waals surface area contributed by atoms with Gasteiger partial charge < -0.3 is 20.2 Å². The van der Waals surface area contributed by atoms with E-state index in [4.69, 9.17) is 10.2 Å². The van der Waals surface area contributed by atoms with Gasteiger partial charge in [0.05, 0.1) is 13.2 Å². The summed E-state index contributed by atoms with van der Waals surface area (Å²) in [5.74, 6) is 0. The Balaban J connectivity index is 0. The van der Waals surface area contributed by atoms with E-state index >= 15 is 0 Å². The van der Waals surface area contributed by atoms with E-state index in [-0.39, 0.29) is 49.4 Å². The molecule has 2 N–H and O–H groups in total. The van der Waals surface area contributed by atoms with Gasteiger partial charge >= 0.3 is 29.6 Å². The van der Waals surface area contributed by atoms with Crippen molar-refractivity contribution in [3.63, 3.8) is 0 Å². The van der Waals surface area contributed by atoms with Gasteiger partial charge in [0.1, 0.15) is 0 Å². The standard InChI is InChI=1S/C6H14NO3.Na/c8-4-1-7(2-5-9)3-6-10;/h8-9H,1-6H2;/q-1;+1. The van der Waals surface area contributed by atoms with E-state index in [2.05, 4.69) is 0 Å². The first kappa shape index (κ1) is 14.4. The Morgan fingerprint density at radius 3 is 1.73 bits per heavy atom. The van der Waals surface area contributed by atoms with Crippen LogP contribution in [0.25, 0.3) is 0 Å². The summed E-state index contributed by atoms with van der Waals surface area (Å²) in [4.78, 5) is 1.73. The van der Waals surface area contributed by atoms with Gasteiger partial charge in [-0.25, -0.2) is 0 Å². The minimum atomic E-state index is -0.181. The van der Waals surface area contributed by atoms with Gasteiger partial charge in [-0.1, -0.05) is 0 Å². The summed E-state index contributed by atoms with van der Waals surface area (Å²) >= 11 is 0. The van der Waals surface area contributed by atoms with E-state index in [1.54, 1.807) is 4.90 Å².